The average molecular weight is 338 g/mol. The molecule has 106 valence electrons. The Kier molecular flexibility index (Phi) is 3.50. The van der Waals surface area contributed by atoms with Crippen LogP contribution < -0.4 is 5.32 Å². The van der Waals surface area contributed by atoms with Gasteiger partial charge in [0.25, 0.3) is 5.91 Å². The van der Waals surface area contributed by atoms with Gasteiger partial charge in [-0.1, -0.05) is 0 Å². The molecule has 0 aliphatic carbocycles. The number of piperidine rings is 1. The molecule has 5 nitrogen and oxygen atoms in total. The average Bonchev–Trinajstić information content (AvgIpc) is 2.80. The van der Waals surface area contributed by atoms with Crippen LogP contribution in [0.3, 0.4) is 0 Å². The van der Waals surface area contributed by atoms with Crippen LogP contribution in [0.4, 0.5) is 0 Å². The minimum Gasteiger partial charge on any atom is -0.356 e. The van der Waals surface area contributed by atoms with Crippen molar-refractivity contribution in [1.82, 2.24) is 15.2 Å². The van der Waals surface area contributed by atoms with E-state index in [1.807, 2.05) is 4.90 Å². The van der Waals surface area contributed by atoms with E-state index < -0.39 is 0 Å². The lowest BCUT2D eigenvalue weighted by atomic mass is 9.77. The molecule has 2 saturated heterocycles. The number of amides is 2. The van der Waals surface area contributed by atoms with Crippen LogP contribution in [-0.2, 0) is 4.79 Å². The molecule has 3 heterocycles. The van der Waals surface area contributed by atoms with Gasteiger partial charge in [-0.05, 0) is 46.3 Å². The summed E-state index contributed by atoms with van der Waals surface area (Å²) in [6.45, 7) is 2.19. The molecule has 2 aliphatic heterocycles. The first-order valence-electron chi connectivity index (χ1n) is 6.76. The number of nitrogens with one attached hydrogen (secondary N) is 1. The smallest absolute Gasteiger partial charge is 0.254 e. The van der Waals surface area contributed by atoms with Gasteiger partial charge in [0.05, 0.1) is 0 Å². The first kappa shape index (κ1) is 13.5. The molecule has 2 amide bonds. The van der Waals surface area contributed by atoms with Gasteiger partial charge >= 0.3 is 0 Å². The van der Waals surface area contributed by atoms with Crippen LogP contribution >= 0.6 is 15.9 Å². The number of aromatic nitrogens is 1. The predicted octanol–water partition coefficient (Wildman–Crippen LogP) is 1.59. The van der Waals surface area contributed by atoms with Crippen molar-refractivity contribution in [2.45, 2.75) is 19.3 Å². The monoisotopic (exact) mass is 337 g/mol. The minimum absolute atomic E-state index is 0.0419. The molecular formula is C14H16BrN3O2. The largest absolute Gasteiger partial charge is 0.356 e. The molecule has 1 aromatic heterocycles. The van der Waals surface area contributed by atoms with Gasteiger partial charge in [-0.25, -0.2) is 4.98 Å². The molecule has 2 fully saturated rings. The van der Waals surface area contributed by atoms with E-state index >= 15 is 0 Å². The second-order valence-electron chi connectivity index (χ2n) is 5.61. The molecule has 0 atom stereocenters. The van der Waals surface area contributed by atoms with E-state index in [0.29, 0.717) is 29.7 Å². The summed E-state index contributed by atoms with van der Waals surface area (Å²) in [6.07, 6.45) is 4.02. The van der Waals surface area contributed by atoms with Gasteiger partial charge in [-0.15, -0.1) is 0 Å². The number of nitrogens with zero attached hydrogens (tertiary/aromatic N) is 2. The molecule has 20 heavy (non-hydrogen) atoms. The fourth-order valence-electron chi connectivity index (χ4n) is 3.01. The summed E-state index contributed by atoms with van der Waals surface area (Å²) in [7, 11) is 0. The van der Waals surface area contributed by atoms with Crippen molar-refractivity contribution < 1.29 is 9.59 Å². The van der Waals surface area contributed by atoms with Gasteiger partial charge in [0.1, 0.15) is 4.60 Å². The van der Waals surface area contributed by atoms with Crippen LogP contribution in [0.25, 0.3) is 0 Å². The van der Waals surface area contributed by atoms with E-state index in [4.69, 9.17) is 0 Å². The van der Waals surface area contributed by atoms with Gasteiger partial charge in [0, 0.05) is 37.8 Å². The molecule has 0 radical (unpaired) electrons. The standard InChI is InChI=1S/C14H16BrN3O2/c15-11-7-10(1-4-16-11)13(20)18-5-2-14(3-6-18)8-12(19)17-9-14/h1,4,7H,2-3,5-6,8-9H2,(H,17,19). The fraction of sp³-hybridized carbons (Fsp3) is 0.500. The Hall–Kier alpha value is -1.43. The number of hydrogen-bond acceptors (Lipinski definition) is 3. The molecule has 0 unspecified atom stereocenters. The molecule has 2 aliphatic rings. The van der Waals surface area contributed by atoms with Crippen molar-refractivity contribution in [3.05, 3.63) is 28.5 Å². The number of likely N-dealkylation sites (tertiary alicyclic amines) is 1. The maximum atomic E-state index is 12.4. The van der Waals surface area contributed by atoms with Gasteiger partial charge in [0.15, 0.2) is 0 Å². The van der Waals surface area contributed by atoms with E-state index in [1.54, 1.807) is 18.3 Å². The lowest BCUT2D eigenvalue weighted by Crippen LogP contribution is -2.44. The van der Waals surface area contributed by atoms with Crippen molar-refractivity contribution >= 4 is 27.7 Å². The molecule has 1 N–H and O–H groups in total. The van der Waals surface area contributed by atoms with Crippen molar-refractivity contribution in [2.75, 3.05) is 19.6 Å². The maximum Gasteiger partial charge on any atom is 0.254 e. The summed E-state index contributed by atoms with van der Waals surface area (Å²) < 4.78 is 0.669. The third-order valence-corrected chi connectivity index (χ3v) is 4.71. The second kappa shape index (κ2) is 5.16. The Balaban J connectivity index is 1.66. The lowest BCUT2D eigenvalue weighted by molar-refractivity contribution is -0.119. The van der Waals surface area contributed by atoms with E-state index in [9.17, 15) is 9.59 Å². The van der Waals surface area contributed by atoms with Crippen LogP contribution in [0.2, 0.25) is 0 Å². The summed E-state index contributed by atoms with van der Waals surface area (Å²) in [5, 5.41) is 2.91. The Morgan fingerprint density at radius 3 is 2.75 bits per heavy atom. The molecule has 3 rings (SSSR count). The highest BCUT2D eigenvalue weighted by Gasteiger charge is 2.41. The highest BCUT2D eigenvalue weighted by atomic mass is 79.9. The van der Waals surface area contributed by atoms with E-state index in [-0.39, 0.29) is 17.2 Å². The summed E-state index contributed by atoms with van der Waals surface area (Å²) in [6, 6.07) is 3.48. The molecule has 1 spiro atoms. The summed E-state index contributed by atoms with van der Waals surface area (Å²) in [5.74, 6) is 0.183. The third-order valence-electron chi connectivity index (χ3n) is 4.28. The highest BCUT2D eigenvalue weighted by Crippen LogP contribution is 2.37. The molecule has 0 bridgehead atoms. The van der Waals surface area contributed by atoms with E-state index in [0.717, 1.165) is 19.4 Å². The maximum absolute atomic E-state index is 12.4. The quantitative estimate of drug-likeness (QED) is 0.791. The summed E-state index contributed by atoms with van der Waals surface area (Å²) in [4.78, 5) is 29.7. The Bertz CT molecular complexity index is 553. The first-order chi connectivity index (χ1) is 9.58. The van der Waals surface area contributed by atoms with Crippen molar-refractivity contribution in [2.24, 2.45) is 5.41 Å². The zero-order valence-electron chi connectivity index (χ0n) is 11.1. The number of hydrogen-bond donors (Lipinski definition) is 1. The van der Waals surface area contributed by atoms with Crippen LogP contribution in [0.1, 0.15) is 29.6 Å². The number of pyridine rings is 1. The SMILES string of the molecule is O=C1CC2(CCN(C(=O)c3ccnc(Br)c3)CC2)CN1. The van der Waals surface area contributed by atoms with Crippen LogP contribution in [0.5, 0.6) is 0 Å². The van der Waals surface area contributed by atoms with Gasteiger partial charge in [0.2, 0.25) is 5.91 Å². The minimum atomic E-state index is 0.0419. The Morgan fingerprint density at radius 2 is 2.15 bits per heavy atom. The summed E-state index contributed by atoms with van der Waals surface area (Å²) in [5.41, 5.74) is 0.732. The molecular weight excluding hydrogens is 322 g/mol. The molecule has 0 saturated carbocycles. The van der Waals surface area contributed by atoms with Crippen molar-refractivity contribution in [3.8, 4) is 0 Å². The number of carbonyl (C=O) groups excluding carboxylic acids is 2. The van der Waals surface area contributed by atoms with Crippen molar-refractivity contribution in [1.29, 1.82) is 0 Å². The zero-order valence-corrected chi connectivity index (χ0v) is 12.6. The van der Waals surface area contributed by atoms with Crippen molar-refractivity contribution in [3.63, 3.8) is 0 Å². The normalized spacial score (nSPS) is 21.1. The Labute approximate surface area is 125 Å². The van der Waals surface area contributed by atoms with E-state index in [2.05, 4.69) is 26.2 Å². The highest BCUT2D eigenvalue weighted by molar-refractivity contribution is 9.10. The lowest BCUT2D eigenvalue weighted by Gasteiger charge is -2.38. The van der Waals surface area contributed by atoms with Crippen LogP contribution in [0.15, 0.2) is 22.9 Å². The predicted molar refractivity (Wildman–Crippen MR) is 77.1 cm³/mol. The molecule has 6 heteroatoms. The van der Waals surface area contributed by atoms with E-state index in [1.165, 1.54) is 0 Å². The summed E-state index contributed by atoms with van der Waals surface area (Å²) >= 11 is 3.28. The Morgan fingerprint density at radius 1 is 1.40 bits per heavy atom. The van der Waals surface area contributed by atoms with Crippen LogP contribution in [0, 0.1) is 5.41 Å². The number of halogens is 1. The zero-order chi connectivity index (χ0) is 14.2. The van der Waals surface area contributed by atoms with Gasteiger partial charge < -0.3 is 10.2 Å². The molecule has 0 aromatic carbocycles. The number of carbonyl (C=O) groups is 2. The fourth-order valence-corrected chi connectivity index (χ4v) is 3.37. The topological polar surface area (TPSA) is 62.3 Å². The second-order valence-corrected chi connectivity index (χ2v) is 6.43. The van der Waals surface area contributed by atoms with Gasteiger partial charge in [-0.3, -0.25) is 9.59 Å². The first-order valence-corrected chi connectivity index (χ1v) is 7.55. The third kappa shape index (κ3) is 2.57. The number of rotatable bonds is 1. The van der Waals surface area contributed by atoms with Crippen LogP contribution in [-0.4, -0.2) is 41.3 Å². The molecule has 1 aromatic rings. The van der Waals surface area contributed by atoms with Gasteiger partial charge in [-0.2, -0.15) is 0 Å².